The van der Waals surface area contributed by atoms with Gasteiger partial charge in [-0.25, -0.2) is 0 Å². The molecule has 0 saturated carbocycles. The molecule has 0 bridgehead atoms. The zero-order chi connectivity index (χ0) is 39.1. The number of hydrogen-bond acceptors (Lipinski definition) is 1. The smallest absolute Gasteiger partial charge is 0.0462 e. The molecule has 0 N–H and O–H groups in total. The third kappa shape index (κ3) is 6.21. The van der Waals surface area contributed by atoms with Gasteiger partial charge in [-0.3, -0.25) is 0 Å². The zero-order valence-electron chi connectivity index (χ0n) is 32.5. The van der Waals surface area contributed by atoms with Crippen LogP contribution in [0.15, 0.2) is 237 Å². The van der Waals surface area contributed by atoms with E-state index >= 15 is 0 Å². The van der Waals surface area contributed by atoms with Gasteiger partial charge in [0.15, 0.2) is 0 Å². The molecule has 0 radical (unpaired) electrons. The molecule has 11 rings (SSSR count). The summed E-state index contributed by atoms with van der Waals surface area (Å²) in [5.41, 5.74) is 13.0. The van der Waals surface area contributed by atoms with E-state index in [0.29, 0.717) is 0 Å². The quantitative estimate of drug-likeness (QED) is 0.147. The minimum Gasteiger partial charge on any atom is -0.311 e. The van der Waals surface area contributed by atoms with Gasteiger partial charge in [-0.1, -0.05) is 194 Å². The van der Waals surface area contributed by atoms with Crippen LogP contribution in [0.1, 0.15) is 0 Å². The number of anilines is 3. The molecule has 0 spiro atoms. The van der Waals surface area contributed by atoms with Crippen LogP contribution in [-0.2, 0) is 0 Å². The van der Waals surface area contributed by atoms with E-state index in [9.17, 15) is 0 Å². The van der Waals surface area contributed by atoms with Crippen molar-refractivity contribution in [3.8, 4) is 44.5 Å². The summed E-state index contributed by atoms with van der Waals surface area (Å²) in [6.07, 6.45) is 0. The molecule has 0 fully saturated rings. The summed E-state index contributed by atoms with van der Waals surface area (Å²) in [5.74, 6) is 0. The predicted molar refractivity (Wildman–Crippen MR) is 253 cm³/mol. The number of rotatable bonds is 7. The van der Waals surface area contributed by atoms with Crippen LogP contribution in [0.4, 0.5) is 17.1 Å². The van der Waals surface area contributed by atoms with Gasteiger partial charge in [-0.05, 0) is 130 Å². The van der Waals surface area contributed by atoms with Gasteiger partial charge in [0.1, 0.15) is 0 Å². The van der Waals surface area contributed by atoms with Crippen molar-refractivity contribution in [2.45, 2.75) is 0 Å². The van der Waals surface area contributed by atoms with Crippen LogP contribution in [0.3, 0.4) is 0 Å². The molecule has 59 heavy (non-hydrogen) atoms. The van der Waals surface area contributed by atoms with Crippen molar-refractivity contribution >= 4 is 60.2 Å². The minimum atomic E-state index is 1.10. The van der Waals surface area contributed by atoms with E-state index in [2.05, 4.69) is 241 Å². The highest BCUT2D eigenvalue weighted by Gasteiger charge is 2.17. The number of fused-ring (bicyclic) bond motifs is 7. The van der Waals surface area contributed by atoms with E-state index in [1.807, 2.05) is 0 Å². The molecule has 0 aliphatic carbocycles. The lowest BCUT2D eigenvalue weighted by Gasteiger charge is -2.26. The van der Waals surface area contributed by atoms with Crippen LogP contribution in [0.25, 0.3) is 87.6 Å². The van der Waals surface area contributed by atoms with E-state index in [-0.39, 0.29) is 0 Å². The second-order valence-corrected chi connectivity index (χ2v) is 15.3. The third-order valence-electron chi connectivity index (χ3n) is 11.9. The Morgan fingerprint density at radius 3 is 1.17 bits per heavy atom. The maximum atomic E-state index is 2.37. The Bertz CT molecular complexity index is 3240. The Morgan fingerprint density at radius 2 is 0.610 bits per heavy atom. The Kier molecular flexibility index (Phi) is 8.56. The van der Waals surface area contributed by atoms with Crippen molar-refractivity contribution in [1.29, 1.82) is 0 Å². The molecule has 1 nitrogen and oxygen atoms in total. The summed E-state index contributed by atoms with van der Waals surface area (Å²) in [6, 6.07) is 86.1. The molecule has 0 amide bonds. The molecule has 11 aromatic carbocycles. The summed E-state index contributed by atoms with van der Waals surface area (Å²) in [5, 5.41) is 10.2. The third-order valence-corrected chi connectivity index (χ3v) is 11.9. The molecular formula is C58H39N. The first kappa shape index (κ1) is 34.5. The average Bonchev–Trinajstić information content (AvgIpc) is 3.32. The molecule has 0 aliphatic heterocycles. The monoisotopic (exact) mass is 749 g/mol. The molecule has 11 aromatic rings. The van der Waals surface area contributed by atoms with E-state index < -0.39 is 0 Å². The van der Waals surface area contributed by atoms with Crippen molar-refractivity contribution in [3.05, 3.63) is 237 Å². The summed E-state index contributed by atoms with van der Waals surface area (Å²) < 4.78 is 0. The topological polar surface area (TPSA) is 3.24 Å². The number of nitrogens with zero attached hydrogens (tertiary/aromatic N) is 1. The fourth-order valence-electron chi connectivity index (χ4n) is 8.99. The standard InChI is InChI=1S/C58H39N/c1-3-13-40(14-4-1)41-23-31-47(32-24-41)59(49-35-27-45(28-36-49)58-50-18-8-7-17-44(50)29-37-51(58)43-15-5-2-6-16-43)48-33-25-42(26-34-48)46-30-38-56-54-21-10-9-19-52(54)53-20-11-12-22-55(53)57(56)39-46/h1-39H. The largest absolute Gasteiger partial charge is 0.311 e. The second-order valence-electron chi connectivity index (χ2n) is 15.3. The van der Waals surface area contributed by atoms with Gasteiger partial charge in [0.25, 0.3) is 0 Å². The molecule has 0 unspecified atom stereocenters. The zero-order valence-corrected chi connectivity index (χ0v) is 32.5. The van der Waals surface area contributed by atoms with Crippen LogP contribution in [0.5, 0.6) is 0 Å². The lowest BCUT2D eigenvalue weighted by atomic mass is 9.89. The highest BCUT2D eigenvalue weighted by atomic mass is 15.1. The van der Waals surface area contributed by atoms with Gasteiger partial charge in [0.05, 0.1) is 0 Å². The van der Waals surface area contributed by atoms with Crippen LogP contribution in [-0.4, -0.2) is 0 Å². The molecule has 0 aliphatic rings. The van der Waals surface area contributed by atoms with Crippen LogP contribution in [0.2, 0.25) is 0 Å². The Balaban J connectivity index is 1.01. The summed E-state index contributed by atoms with van der Waals surface area (Å²) >= 11 is 0. The van der Waals surface area contributed by atoms with Crippen molar-refractivity contribution < 1.29 is 0 Å². The van der Waals surface area contributed by atoms with E-state index in [4.69, 9.17) is 0 Å². The molecule has 0 heterocycles. The molecule has 276 valence electrons. The summed E-state index contributed by atoms with van der Waals surface area (Å²) in [6.45, 7) is 0. The lowest BCUT2D eigenvalue weighted by Crippen LogP contribution is -2.09. The van der Waals surface area contributed by atoms with Crippen LogP contribution >= 0.6 is 0 Å². The molecular weight excluding hydrogens is 711 g/mol. The minimum absolute atomic E-state index is 1.10. The van der Waals surface area contributed by atoms with Gasteiger partial charge in [-0.2, -0.15) is 0 Å². The van der Waals surface area contributed by atoms with Crippen LogP contribution < -0.4 is 4.90 Å². The molecule has 0 atom stereocenters. The Labute approximate surface area is 344 Å². The summed E-state index contributed by atoms with van der Waals surface area (Å²) in [4.78, 5) is 2.36. The van der Waals surface area contributed by atoms with Crippen molar-refractivity contribution in [1.82, 2.24) is 0 Å². The second kappa shape index (κ2) is 14.6. The van der Waals surface area contributed by atoms with E-state index in [1.165, 1.54) is 87.6 Å². The van der Waals surface area contributed by atoms with Gasteiger partial charge in [0, 0.05) is 17.1 Å². The first-order valence-corrected chi connectivity index (χ1v) is 20.3. The van der Waals surface area contributed by atoms with Gasteiger partial charge < -0.3 is 4.90 Å². The van der Waals surface area contributed by atoms with Crippen molar-refractivity contribution in [2.24, 2.45) is 0 Å². The van der Waals surface area contributed by atoms with Crippen molar-refractivity contribution in [2.75, 3.05) is 4.90 Å². The lowest BCUT2D eigenvalue weighted by molar-refractivity contribution is 1.28. The highest BCUT2D eigenvalue weighted by Crippen LogP contribution is 2.42. The van der Waals surface area contributed by atoms with Gasteiger partial charge in [0.2, 0.25) is 0 Å². The average molecular weight is 750 g/mol. The summed E-state index contributed by atoms with van der Waals surface area (Å²) in [7, 11) is 0. The fourth-order valence-corrected chi connectivity index (χ4v) is 8.99. The highest BCUT2D eigenvalue weighted by molar-refractivity contribution is 6.25. The normalized spacial score (nSPS) is 11.4. The van der Waals surface area contributed by atoms with Gasteiger partial charge >= 0.3 is 0 Å². The molecule has 0 saturated heterocycles. The fraction of sp³-hybridized carbons (Fsp3) is 0. The van der Waals surface area contributed by atoms with Gasteiger partial charge in [-0.15, -0.1) is 0 Å². The maximum absolute atomic E-state index is 2.37. The predicted octanol–water partition coefficient (Wildman–Crippen LogP) is 16.4. The Hall–Kier alpha value is -7.74. The van der Waals surface area contributed by atoms with Crippen molar-refractivity contribution in [3.63, 3.8) is 0 Å². The number of hydrogen-bond donors (Lipinski definition) is 0. The first-order valence-electron chi connectivity index (χ1n) is 20.3. The first-order chi connectivity index (χ1) is 29.3. The van der Waals surface area contributed by atoms with E-state index in [0.717, 1.165) is 17.1 Å². The van der Waals surface area contributed by atoms with E-state index in [1.54, 1.807) is 0 Å². The van der Waals surface area contributed by atoms with Crippen LogP contribution in [0, 0.1) is 0 Å². The number of benzene rings is 11. The SMILES string of the molecule is c1ccc(-c2ccc(N(c3ccc(-c4ccc5c6ccccc6c6ccccc6c5c4)cc3)c3ccc(-c4c(-c5ccccc5)ccc5ccccc45)cc3)cc2)cc1. The maximum Gasteiger partial charge on any atom is 0.0462 e. The Morgan fingerprint density at radius 1 is 0.220 bits per heavy atom. The molecule has 0 aromatic heterocycles. The molecule has 1 heteroatoms.